The Hall–Kier alpha value is -1.23. The molecule has 0 bridgehead atoms. The first-order valence-electron chi connectivity index (χ1n) is 5.41. The number of alkyl halides is 3. The average Bonchev–Trinajstić information content (AvgIpc) is 2.54. The zero-order chi connectivity index (χ0) is 12.8. The number of anilines is 1. The standard InChI is InChI=1S/C12H14F3NO/c1-7(17)11-6-8-5-9(12(13,14)15)3-4-10(8)16(11)2/h3-5,7,11,17H,6H2,1-2H3. The molecule has 1 aromatic carbocycles. The van der Waals surface area contributed by atoms with Gasteiger partial charge in [-0.15, -0.1) is 0 Å². The van der Waals surface area contributed by atoms with Crippen LogP contribution in [0.1, 0.15) is 18.1 Å². The second-order valence-corrected chi connectivity index (χ2v) is 4.46. The van der Waals surface area contributed by atoms with Gasteiger partial charge in [0.25, 0.3) is 0 Å². The van der Waals surface area contributed by atoms with E-state index in [1.807, 2.05) is 4.90 Å². The van der Waals surface area contributed by atoms with Crippen molar-refractivity contribution in [2.24, 2.45) is 0 Å². The lowest BCUT2D eigenvalue weighted by Crippen LogP contribution is -2.37. The second kappa shape index (κ2) is 3.91. The summed E-state index contributed by atoms with van der Waals surface area (Å²) in [4.78, 5) is 1.83. The van der Waals surface area contributed by atoms with Gasteiger partial charge < -0.3 is 10.0 Å². The lowest BCUT2D eigenvalue weighted by molar-refractivity contribution is -0.137. The molecule has 0 saturated carbocycles. The monoisotopic (exact) mass is 245 g/mol. The Balaban J connectivity index is 2.36. The number of likely N-dealkylation sites (N-methyl/N-ethyl adjacent to an activating group) is 1. The van der Waals surface area contributed by atoms with Crippen molar-refractivity contribution in [2.45, 2.75) is 31.7 Å². The smallest absolute Gasteiger partial charge is 0.391 e. The van der Waals surface area contributed by atoms with Gasteiger partial charge in [0, 0.05) is 12.7 Å². The molecule has 1 aliphatic rings. The molecule has 0 amide bonds. The number of fused-ring (bicyclic) bond motifs is 1. The lowest BCUT2D eigenvalue weighted by Gasteiger charge is -2.24. The van der Waals surface area contributed by atoms with E-state index in [0.29, 0.717) is 12.0 Å². The summed E-state index contributed by atoms with van der Waals surface area (Å²) in [6.45, 7) is 1.65. The van der Waals surface area contributed by atoms with Crippen molar-refractivity contribution >= 4 is 5.69 Å². The minimum atomic E-state index is -4.31. The fourth-order valence-electron chi connectivity index (χ4n) is 2.30. The molecule has 2 atom stereocenters. The molecule has 94 valence electrons. The topological polar surface area (TPSA) is 23.5 Å². The first-order valence-corrected chi connectivity index (χ1v) is 5.41. The molecule has 1 aliphatic heterocycles. The van der Waals surface area contributed by atoms with Crippen molar-refractivity contribution in [3.8, 4) is 0 Å². The number of aliphatic hydroxyl groups excluding tert-OH is 1. The summed E-state index contributed by atoms with van der Waals surface area (Å²) in [7, 11) is 1.79. The van der Waals surface area contributed by atoms with E-state index in [-0.39, 0.29) is 6.04 Å². The van der Waals surface area contributed by atoms with Gasteiger partial charge in [-0.1, -0.05) is 0 Å². The number of benzene rings is 1. The Labute approximate surface area is 97.7 Å². The summed E-state index contributed by atoms with van der Waals surface area (Å²) < 4.78 is 37.6. The van der Waals surface area contributed by atoms with Crippen LogP contribution in [0.25, 0.3) is 0 Å². The average molecular weight is 245 g/mol. The maximum absolute atomic E-state index is 12.5. The third-order valence-electron chi connectivity index (χ3n) is 3.27. The molecule has 17 heavy (non-hydrogen) atoms. The van der Waals surface area contributed by atoms with Crippen molar-refractivity contribution in [2.75, 3.05) is 11.9 Å². The highest BCUT2D eigenvalue weighted by atomic mass is 19.4. The summed E-state index contributed by atoms with van der Waals surface area (Å²) >= 11 is 0. The third-order valence-corrected chi connectivity index (χ3v) is 3.27. The van der Waals surface area contributed by atoms with Gasteiger partial charge in [0.2, 0.25) is 0 Å². The Kier molecular flexibility index (Phi) is 2.81. The van der Waals surface area contributed by atoms with E-state index in [4.69, 9.17) is 0 Å². The molecule has 0 radical (unpaired) electrons. The van der Waals surface area contributed by atoms with Gasteiger partial charge in [-0.25, -0.2) is 0 Å². The maximum atomic E-state index is 12.5. The number of nitrogens with zero attached hydrogens (tertiary/aromatic N) is 1. The first kappa shape index (κ1) is 12.2. The van der Waals surface area contributed by atoms with Gasteiger partial charge in [0.05, 0.1) is 17.7 Å². The van der Waals surface area contributed by atoms with Gasteiger partial charge in [-0.2, -0.15) is 13.2 Å². The Morgan fingerprint density at radius 1 is 1.41 bits per heavy atom. The van der Waals surface area contributed by atoms with E-state index in [1.165, 1.54) is 12.1 Å². The Morgan fingerprint density at radius 3 is 2.59 bits per heavy atom. The summed E-state index contributed by atoms with van der Waals surface area (Å²) in [5.41, 5.74) is 0.785. The summed E-state index contributed by atoms with van der Waals surface area (Å²) in [5.74, 6) is 0. The van der Waals surface area contributed by atoms with Crippen LogP contribution in [0.2, 0.25) is 0 Å². The summed E-state index contributed by atoms with van der Waals surface area (Å²) in [6, 6.07) is 3.59. The molecule has 2 unspecified atom stereocenters. The van der Waals surface area contributed by atoms with E-state index >= 15 is 0 Å². The minimum absolute atomic E-state index is 0.145. The van der Waals surface area contributed by atoms with Crippen LogP contribution in [0, 0.1) is 0 Å². The molecular weight excluding hydrogens is 231 g/mol. The van der Waals surface area contributed by atoms with E-state index in [2.05, 4.69) is 0 Å². The van der Waals surface area contributed by atoms with Crippen LogP contribution >= 0.6 is 0 Å². The molecule has 2 nitrogen and oxygen atoms in total. The van der Waals surface area contributed by atoms with Gasteiger partial charge in [0.15, 0.2) is 0 Å². The highest BCUT2D eigenvalue weighted by molar-refractivity contribution is 5.60. The van der Waals surface area contributed by atoms with E-state index < -0.39 is 17.8 Å². The first-order chi connectivity index (χ1) is 7.80. The zero-order valence-corrected chi connectivity index (χ0v) is 9.62. The second-order valence-electron chi connectivity index (χ2n) is 4.46. The van der Waals surface area contributed by atoms with Crippen LogP contribution in [-0.4, -0.2) is 24.3 Å². The van der Waals surface area contributed by atoms with E-state index in [1.54, 1.807) is 14.0 Å². The number of aliphatic hydroxyl groups is 1. The molecule has 0 aliphatic carbocycles. The molecule has 1 heterocycles. The summed E-state index contributed by atoms with van der Waals surface area (Å²) in [5, 5.41) is 9.56. The molecule has 2 rings (SSSR count). The van der Waals surface area contributed by atoms with E-state index in [9.17, 15) is 18.3 Å². The number of hydrogen-bond acceptors (Lipinski definition) is 2. The third kappa shape index (κ3) is 2.11. The van der Waals surface area contributed by atoms with Crippen molar-refractivity contribution in [1.82, 2.24) is 0 Å². The predicted octanol–water partition coefficient (Wildman–Crippen LogP) is 2.45. The molecule has 0 aromatic heterocycles. The predicted molar refractivity (Wildman–Crippen MR) is 59.0 cm³/mol. The van der Waals surface area contributed by atoms with Gasteiger partial charge in [0.1, 0.15) is 0 Å². The van der Waals surface area contributed by atoms with Crippen LogP contribution in [0.5, 0.6) is 0 Å². The van der Waals surface area contributed by atoms with Crippen LogP contribution in [0.3, 0.4) is 0 Å². The van der Waals surface area contributed by atoms with Crippen molar-refractivity contribution in [1.29, 1.82) is 0 Å². The maximum Gasteiger partial charge on any atom is 0.416 e. The lowest BCUT2D eigenvalue weighted by atomic mass is 10.0. The van der Waals surface area contributed by atoms with Crippen molar-refractivity contribution < 1.29 is 18.3 Å². The largest absolute Gasteiger partial charge is 0.416 e. The summed E-state index contributed by atoms with van der Waals surface area (Å²) in [6.07, 6.45) is -4.43. The minimum Gasteiger partial charge on any atom is -0.391 e. The van der Waals surface area contributed by atoms with Gasteiger partial charge in [-0.05, 0) is 37.1 Å². The molecular formula is C12H14F3NO. The van der Waals surface area contributed by atoms with Crippen molar-refractivity contribution in [3.05, 3.63) is 29.3 Å². The molecule has 0 fully saturated rings. The fourth-order valence-corrected chi connectivity index (χ4v) is 2.30. The molecule has 1 aromatic rings. The normalized spacial score (nSPS) is 21.5. The molecule has 1 N–H and O–H groups in total. The fraction of sp³-hybridized carbons (Fsp3) is 0.500. The Bertz CT molecular complexity index is 428. The van der Waals surface area contributed by atoms with Gasteiger partial charge in [-0.3, -0.25) is 0 Å². The van der Waals surface area contributed by atoms with Crippen LogP contribution in [0.15, 0.2) is 18.2 Å². The van der Waals surface area contributed by atoms with Crippen LogP contribution < -0.4 is 4.90 Å². The van der Waals surface area contributed by atoms with Crippen LogP contribution in [-0.2, 0) is 12.6 Å². The molecule has 0 saturated heterocycles. The SMILES string of the molecule is CC(O)C1Cc2cc(C(F)(F)F)ccc2N1C. The highest BCUT2D eigenvalue weighted by Crippen LogP contribution is 2.37. The van der Waals surface area contributed by atoms with Crippen molar-refractivity contribution in [3.63, 3.8) is 0 Å². The van der Waals surface area contributed by atoms with Gasteiger partial charge >= 0.3 is 6.18 Å². The highest BCUT2D eigenvalue weighted by Gasteiger charge is 2.35. The zero-order valence-electron chi connectivity index (χ0n) is 9.62. The number of halogens is 3. The number of hydrogen-bond donors (Lipinski definition) is 1. The van der Waals surface area contributed by atoms with Crippen LogP contribution in [0.4, 0.5) is 18.9 Å². The van der Waals surface area contributed by atoms with E-state index in [0.717, 1.165) is 11.8 Å². The Morgan fingerprint density at radius 2 is 2.06 bits per heavy atom. The number of rotatable bonds is 1. The quantitative estimate of drug-likeness (QED) is 0.821. The molecule has 0 spiro atoms. The molecule has 5 heteroatoms.